The Morgan fingerprint density at radius 3 is 2.91 bits per heavy atom. The molecular formula is C20H24N6O6S. The molecular weight excluding hydrogens is 452 g/mol. The molecule has 5 atom stereocenters. The van der Waals surface area contributed by atoms with Crippen LogP contribution in [0.2, 0.25) is 0 Å². The molecule has 13 heteroatoms. The van der Waals surface area contributed by atoms with E-state index >= 15 is 0 Å². The van der Waals surface area contributed by atoms with E-state index in [1.165, 1.54) is 30.9 Å². The maximum Gasteiger partial charge on any atom is 0.333 e. The van der Waals surface area contributed by atoms with Crippen molar-refractivity contribution >= 4 is 27.3 Å². The first kappa shape index (κ1) is 22.1. The van der Waals surface area contributed by atoms with Gasteiger partial charge < -0.3 is 19.9 Å². The van der Waals surface area contributed by atoms with Crippen molar-refractivity contribution in [2.45, 2.75) is 43.4 Å². The number of imidazole rings is 1. The highest BCUT2D eigenvalue weighted by Gasteiger charge is 2.46. The molecule has 5 rings (SSSR count). The summed E-state index contributed by atoms with van der Waals surface area (Å²) in [6, 6.07) is 8.41. The molecule has 0 unspecified atom stereocenters. The van der Waals surface area contributed by atoms with Gasteiger partial charge in [0, 0.05) is 7.11 Å². The summed E-state index contributed by atoms with van der Waals surface area (Å²) in [6.07, 6.45) is 1.11. The van der Waals surface area contributed by atoms with E-state index in [1.807, 2.05) is 12.1 Å². The van der Waals surface area contributed by atoms with Crippen LogP contribution in [0.1, 0.15) is 29.8 Å². The van der Waals surface area contributed by atoms with Crippen molar-refractivity contribution in [2.24, 2.45) is 5.14 Å². The van der Waals surface area contributed by atoms with Gasteiger partial charge in [0.2, 0.25) is 0 Å². The lowest BCUT2D eigenvalue weighted by atomic mass is 10.1. The molecule has 1 aliphatic carbocycles. The first-order valence-corrected chi connectivity index (χ1v) is 11.9. The average molecular weight is 477 g/mol. The van der Waals surface area contributed by atoms with Crippen molar-refractivity contribution in [3.63, 3.8) is 0 Å². The number of nitrogens with one attached hydrogen (secondary N) is 1. The van der Waals surface area contributed by atoms with Crippen molar-refractivity contribution in [1.82, 2.24) is 19.5 Å². The second-order valence-electron chi connectivity index (χ2n) is 8.01. The predicted molar refractivity (Wildman–Crippen MR) is 116 cm³/mol. The number of methoxy groups -OCH3 is 1. The highest BCUT2D eigenvalue weighted by molar-refractivity contribution is 7.84. The van der Waals surface area contributed by atoms with Crippen LogP contribution in [0.4, 0.5) is 5.82 Å². The Hall–Kier alpha value is -2.68. The highest BCUT2D eigenvalue weighted by Crippen LogP contribution is 2.36. The van der Waals surface area contributed by atoms with Crippen LogP contribution in [0.5, 0.6) is 0 Å². The van der Waals surface area contributed by atoms with E-state index < -0.39 is 41.5 Å². The number of aliphatic hydroxyl groups excluding tert-OH is 1. The zero-order valence-corrected chi connectivity index (χ0v) is 18.6. The Bertz CT molecular complexity index is 1270. The van der Waals surface area contributed by atoms with Crippen LogP contribution in [0.15, 0.2) is 36.9 Å². The SMILES string of the molecule is CO[C@H]1[C@H](O)[C@@H](COS(N)(=O)=O)O[C@H]1n1cnc2c(N[C@H]3CCc4ccccc43)ncnc21. The van der Waals surface area contributed by atoms with E-state index in [1.54, 1.807) is 4.57 Å². The quantitative estimate of drug-likeness (QED) is 0.435. The summed E-state index contributed by atoms with van der Waals surface area (Å²) < 4.78 is 39.8. The molecule has 4 N–H and O–H groups in total. The Balaban J connectivity index is 1.42. The summed E-state index contributed by atoms with van der Waals surface area (Å²) in [7, 11) is -2.76. The molecule has 33 heavy (non-hydrogen) atoms. The molecule has 0 amide bonds. The number of aryl methyl sites for hydroxylation is 1. The Labute approximate surface area is 190 Å². The molecule has 1 fully saturated rings. The Morgan fingerprint density at radius 1 is 1.30 bits per heavy atom. The van der Waals surface area contributed by atoms with Crippen LogP contribution in [0.3, 0.4) is 0 Å². The maximum atomic E-state index is 11.1. The summed E-state index contributed by atoms with van der Waals surface area (Å²) in [6.45, 7) is -0.453. The van der Waals surface area contributed by atoms with Gasteiger partial charge in [0.15, 0.2) is 23.2 Å². The van der Waals surface area contributed by atoms with Crippen molar-refractivity contribution in [3.05, 3.63) is 48.0 Å². The highest BCUT2D eigenvalue weighted by atomic mass is 32.2. The van der Waals surface area contributed by atoms with Gasteiger partial charge in [-0.05, 0) is 24.0 Å². The largest absolute Gasteiger partial charge is 0.387 e. The van der Waals surface area contributed by atoms with Gasteiger partial charge >= 0.3 is 10.3 Å². The molecule has 1 aliphatic heterocycles. The molecule has 2 aromatic heterocycles. The van der Waals surface area contributed by atoms with Crippen LogP contribution in [0.25, 0.3) is 11.2 Å². The normalized spacial score (nSPS) is 27.2. The Kier molecular flexibility index (Phi) is 5.76. The van der Waals surface area contributed by atoms with Crippen molar-refractivity contribution in [2.75, 3.05) is 19.0 Å². The van der Waals surface area contributed by atoms with Crippen LogP contribution in [-0.2, 0) is 30.4 Å². The topological polar surface area (TPSA) is 164 Å². The standard InChI is InChI=1S/C20H24N6O6S/c1-30-17-16(27)14(8-31-33(21,28)29)32-20(17)26-10-24-15-18(22-9-23-19(15)26)25-13-7-6-11-4-2-3-5-12(11)13/h2-5,9-10,13-14,16-17,20,27H,6-8H2,1H3,(H2,21,28,29)(H,22,23,25)/t13-,14+,16+,17-,20+/m0/s1. The number of rotatable bonds is 7. The number of nitrogens with two attached hydrogens (primary N) is 1. The third kappa shape index (κ3) is 4.18. The molecule has 2 aliphatic rings. The minimum absolute atomic E-state index is 0.112. The molecule has 1 saturated heterocycles. The summed E-state index contributed by atoms with van der Waals surface area (Å²) in [5.74, 6) is 0.585. The summed E-state index contributed by atoms with van der Waals surface area (Å²) in [5.41, 5.74) is 3.57. The minimum Gasteiger partial charge on any atom is -0.387 e. The van der Waals surface area contributed by atoms with Gasteiger partial charge in [-0.25, -0.2) is 20.1 Å². The van der Waals surface area contributed by atoms with Gasteiger partial charge in [0.1, 0.15) is 24.6 Å². The summed E-state index contributed by atoms with van der Waals surface area (Å²) in [5, 5.41) is 18.9. The number of fused-ring (bicyclic) bond motifs is 2. The fourth-order valence-corrected chi connectivity index (χ4v) is 4.84. The van der Waals surface area contributed by atoms with Crippen molar-refractivity contribution in [3.8, 4) is 0 Å². The first-order valence-electron chi connectivity index (χ1n) is 10.4. The van der Waals surface area contributed by atoms with Gasteiger partial charge in [-0.15, -0.1) is 0 Å². The van der Waals surface area contributed by atoms with Crippen LogP contribution in [0, 0.1) is 0 Å². The van der Waals surface area contributed by atoms with Gasteiger partial charge in [-0.2, -0.15) is 8.42 Å². The average Bonchev–Trinajstić information content (AvgIpc) is 3.48. The zero-order chi connectivity index (χ0) is 23.2. The number of anilines is 1. The number of nitrogens with zero attached hydrogens (tertiary/aromatic N) is 4. The number of hydrogen-bond acceptors (Lipinski definition) is 10. The minimum atomic E-state index is -4.18. The second-order valence-corrected chi connectivity index (χ2v) is 9.24. The van der Waals surface area contributed by atoms with Crippen molar-refractivity contribution < 1.29 is 27.2 Å². The van der Waals surface area contributed by atoms with Crippen LogP contribution >= 0.6 is 0 Å². The number of aliphatic hydroxyl groups is 1. The molecule has 0 radical (unpaired) electrons. The van der Waals surface area contributed by atoms with E-state index in [9.17, 15) is 13.5 Å². The smallest absolute Gasteiger partial charge is 0.333 e. The lowest BCUT2D eigenvalue weighted by Crippen LogP contribution is -2.36. The first-order chi connectivity index (χ1) is 15.9. The fraction of sp³-hybridized carbons (Fsp3) is 0.450. The predicted octanol–water partition coefficient (Wildman–Crippen LogP) is 0.419. The van der Waals surface area contributed by atoms with E-state index in [0.717, 1.165) is 12.8 Å². The monoisotopic (exact) mass is 476 g/mol. The molecule has 3 heterocycles. The van der Waals surface area contributed by atoms with Crippen LogP contribution < -0.4 is 10.5 Å². The van der Waals surface area contributed by atoms with E-state index in [2.05, 4.69) is 36.6 Å². The lowest BCUT2D eigenvalue weighted by molar-refractivity contribution is -0.0556. The van der Waals surface area contributed by atoms with E-state index in [-0.39, 0.29) is 6.04 Å². The summed E-state index contributed by atoms with van der Waals surface area (Å²) >= 11 is 0. The molecule has 0 bridgehead atoms. The second kappa shape index (κ2) is 8.59. The number of hydrogen-bond donors (Lipinski definition) is 3. The van der Waals surface area contributed by atoms with Gasteiger partial charge in [0.05, 0.1) is 19.0 Å². The lowest BCUT2D eigenvalue weighted by Gasteiger charge is -2.20. The summed E-state index contributed by atoms with van der Waals surface area (Å²) in [4.78, 5) is 13.2. The third-order valence-corrected chi connectivity index (χ3v) is 6.52. The molecule has 1 aromatic carbocycles. The van der Waals surface area contributed by atoms with E-state index in [4.69, 9.17) is 14.6 Å². The van der Waals surface area contributed by atoms with Gasteiger partial charge in [-0.3, -0.25) is 8.75 Å². The number of benzene rings is 1. The number of ether oxygens (including phenoxy) is 2. The fourth-order valence-electron chi connectivity index (χ4n) is 4.51. The molecule has 3 aromatic rings. The van der Waals surface area contributed by atoms with Gasteiger partial charge in [0.25, 0.3) is 0 Å². The molecule has 0 saturated carbocycles. The van der Waals surface area contributed by atoms with Crippen molar-refractivity contribution in [1.29, 1.82) is 0 Å². The molecule has 0 spiro atoms. The van der Waals surface area contributed by atoms with E-state index in [0.29, 0.717) is 17.0 Å². The Morgan fingerprint density at radius 2 is 2.12 bits per heavy atom. The maximum absolute atomic E-state index is 11.1. The number of aromatic nitrogens is 4. The van der Waals surface area contributed by atoms with Crippen LogP contribution in [-0.4, -0.2) is 65.1 Å². The third-order valence-electron chi connectivity index (χ3n) is 6.06. The van der Waals surface area contributed by atoms with Gasteiger partial charge in [-0.1, -0.05) is 24.3 Å². The molecule has 12 nitrogen and oxygen atoms in total. The zero-order valence-electron chi connectivity index (χ0n) is 17.7. The molecule has 176 valence electrons.